The maximum absolute atomic E-state index is 11.8. The maximum atomic E-state index is 11.8. The van der Waals surface area contributed by atoms with Crippen LogP contribution in [0.4, 0.5) is 0 Å². The summed E-state index contributed by atoms with van der Waals surface area (Å²) in [7, 11) is 2.88. The summed E-state index contributed by atoms with van der Waals surface area (Å²) in [4.78, 5) is 22.9. The van der Waals surface area contributed by atoms with Gasteiger partial charge in [-0.1, -0.05) is 6.07 Å². The van der Waals surface area contributed by atoms with E-state index in [9.17, 15) is 9.59 Å². The SMILES string of the molecule is COCC(C)(NC(=O)COc1cccc(OC)c1)C(=O)O. The number of carbonyl (C=O) groups excluding carboxylic acids is 1. The van der Waals surface area contributed by atoms with Gasteiger partial charge in [0, 0.05) is 13.2 Å². The molecule has 1 aromatic carbocycles. The van der Waals surface area contributed by atoms with Gasteiger partial charge in [0.2, 0.25) is 0 Å². The van der Waals surface area contributed by atoms with Gasteiger partial charge in [-0.05, 0) is 19.1 Å². The van der Waals surface area contributed by atoms with Crippen LogP contribution in [0.1, 0.15) is 6.92 Å². The summed E-state index contributed by atoms with van der Waals surface area (Å²) in [5, 5.41) is 11.5. The van der Waals surface area contributed by atoms with E-state index in [0.717, 1.165) is 0 Å². The van der Waals surface area contributed by atoms with Crippen molar-refractivity contribution in [2.24, 2.45) is 0 Å². The standard InChI is InChI=1S/C14H19NO6/c1-14(9-19-2,13(17)18)15-12(16)8-21-11-6-4-5-10(7-11)20-3/h4-7H,8-9H2,1-3H3,(H,15,16)(H,17,18). The van der Waals surface area contributed by atoms with Gasteiger partial charge in [-0.2, -0.15) is 0 Å². The molecule has 1 unspecified atom stereocenters. The fraction of sp³-hybridized carbons (Fsp3) is 0.429. The van der Waals surface area contributed by atoms with E-state index in [2.05, 4.69) is 5.32 Å². The molecule has 1 rings (SSSR count). The molecule has 1 aromatic rings. The Hall–Kier alpha value is -2.28. The van der Waals surface area contributed by atoms with E-state index in [0.29, 0.717) is 11.5 Å². The molecule has 21 heavy (non-hydrogen) atoms. The first-order valence-electron chi connectivity index (χ1n) is 6.21. The monoisotopic (exact) mass is 297 g/mol. The van der Waals surface area contributed by atoms with Crippen LogP contribution in [0.3, 0.4) is 0 Å². The molecule has 7 heteroatoms. The molecule has 0 heterocycles. The van der Waals surface area contributed by atoms with Crippen molar-refractivity contribution in [3.63, 3.8) is 0 Å². The Balaban J connectivity index is 2.58. The van der Waals surface area contributed by atoms with E-state index >= 15 is 0 Å². The maximum Gasteiger partial charge on any atom is 0.331 e. The summed E-state index contributed by atoms with van der Waals surface area (Å²) >= 11 is 0. The zero-order chi connectivity index (χ0) is 15.9. The van der Waals surface area contributed by atoms with Crippen LogP contribution in [0.15, 0.2) is 24.3 Å². The van der Waals surface area contributed by atoms with Gasteiger partial charge in [-0.25, -0.2) is 4.79 Å². The molecular weight excluding hydrogens is 278 g/mol. The number of carbonyl (C=O) groups is 2. The van der Waals surface area contributed by atoms with Crippen LogP contribution < -0.4 is 14.8 Å². The first kappa shape index (κ1) is 16.8. The van der Waals surface area contributed by atoms with Crippen molar-refractivity contribution in [2.45, 2.75) is 12.5 Å². The lowest BCUT2D eigenvalue weighted by Gasteiger charge is -2.25. The molecule has 0 saturated carbocycles. The molecule has 0 radical (unpaired) electrons. The Kier molecular flexibility index (Phi) is 5.98. The van der Waals surface area contributed by atoms with Gasteiger partial charge in [0.05, 0.1) is 13.7 Å². The van der Waals surface area contributed by atoms with Crippen molar-refractivity contribution >= 4 is 11.9 Å². The van der Waals surface area contributed by atoms with E-state index in [1.807, 2.05) is 0 Å². The molecule has 7 nitrogen and oxygen atoms in total. The van der Waals surface area contributed by atoms with Gasteiger partial charge in [0.1, 0.15) is 11.5 Å². The second-order valence-electron chi connectivity index (χ2n) is 4.59. The molecule has 0 spiro atoms. The molecule has 116 valence electrons. The van der Waals surface area contributed by atoms with Crippen molar-refractivity contribution in [1.29, 1.82) is 0 Å². The summed E-state index contributed by atoms with van der Waals surface area (Å²) in [6.07, 6.45) is 0. The second kappa shape index (κ2) is 7.49. The Morgan fingerprint density at radius 3 is 2.52 bits per heavy atom. The smallest absolute Gasteiger partial charge is 0.331 e. The number of ether oxygens (including phenoxy) is 3. The highest BCUT2D eigenvalue weighted by Gasteiger charge is 2.35. The van der Waals surface area contributed by atoms with E-state index in [-0.39, 0.29) is 13.2 Å². The zero-order valence-electron chi connectivity index (χ0n) is 12.2. The molecule has 0 aromatic heterocycles. The molecule has 0 aliphatic heterocycles. The predicted octanol–water partition coefficient (Wildman–Crippen LogP) is 0.680. The average molecular weight is 297 g/mol. The lowest BCUT2D eigenvalue weighted by atomic mass is 10.0. The van der Waals surface area contributed by atoms with Crippen LogP contribution in [-0.2, 0) is 14.3 Å². The molecule has 1 atom stereocenters. The van der Waals surface area contributed by atoms with Crippen molar-refractivity contribution in [3.05, 3.63) is 24.3 Å². The topological polar surface area (TPSA) is 94.1 Å². The number of benzene rings is 1. The van der Waals surface area contributed by atoms with Crippen LogP contribution in [-0.4, -0.2) is 50.0 Å². The first-order chi connectivity index (χ1) is 9.91. The van der Waals surface area contributed by atoms with Crippen molar-refractivity contribution in [1.82, 2.24) is 5.32 Å². The first-order valence-corrected chi connectivity index (χ1v) is 6.21. The molecule has 0 fully saturated rings. The number of amides is 1. The largest absolute Gasteiger partial charge is 0.497 e. The molecule has 0 bridgehead atoms. The summed E-state index contributed by atoms with van der Waals surface area (Å²) in [5.74, 6) is -0.685. The highest BCUT2D eigenvalue weighted by Crippen LogP contribution is 2.18. The van der Waals surface area contributed by atoms with Crippen LogP contribution >= 0.6 is 0 Å². The molecule has 1 amide bonds. The molecule has 2 N–H and O–H groups in total. The van der Waals surface area contributed by atoms with Crippen molar-refractivity contribution in [3.8, 4) is 11.5 Å². The minimum Gasteiger partial charge on any atom is -0.497 e. The quantitative estimate of drug-likeness (QED) is 0.733. The van der Waals surface area contributed by atoms with Crippen molar-refractivity contribution in [2.75, 3.05) is 27.4 Å². The third kappa shape index (κ3) is 4.96. The van der Waals surface area contributed by atoms with Gasteiger partial charge in [-0.15, -0.1) is 0 Å². The van der Waals surface area contributed by atoms with E-state index in [1.165, 1.54) is 21.1 Å². The lowest BCUT2D eigenvalue weighted by molar-refractivity contribution is -0.149. The normalized spacial score (nSPS) is 13.1. The summed E-state index contributed by atoms with van der Waals surface area (Å²) in [6, 6.07) is 6.76. The third-order valence-corrected chi connectivity index (χ3v) is 2.73. The molecular formula is C14H19NO6. The highest BCUT2D eigenvalue weighted by atomic mass is 16.5. The van der Waals surface area contributed by atoms with Gasteiger partial charge in [-0.3, -0.25) is 4.79 Å². The zero-order valence-corrected chi connectivity index (χ0v) is 12.2. The van der Waals surface area contributed by atoms with Crippen LogP contribution in [0.25, 0.3) is 0 Å². The third-order valence-electron chi connectivity index (χ3n) is 2.73. The van der Waals surface area contributed by atoms with E-state index in [4.69, 9.17) is 19.3 Å². The fourth-order valence-corrected chi connectivity index (χ4v) is 1.62. The van der Waals surface area contributed by atoms with Gasteiger partial charge in [0.25, 0.3) is 5.91 Å². The Bertz CT molecular complexity index is 504. The number of carboxylic acid groups (broad SMARTS) is 1. The number of aliphatic carboxylic acids is 1. The second-order valence-corrected chi connectivity index (χ2v) is 4.59. The van der Waals surface area contributed by atoms with Crippen LogP contribution in [0, 0.1) is 0 Å². The number of methoxy groups -OCH3 is 2. The molecule has 0 aliphatic carbocycles. The number of hydrogen-bond acceptors (Lipinski definition) is 5. The Morgan fingerprint density at radius 2 is 1.95 bits per heavy atom. The fourth-order valence-electron chi connectivity index (χ4n) is 1.62. The minimum absolute atomic E-state index is 0.146. The molecule has 0 aliphatic rings. The van der Waals surface area contributed by atoms with Gasteiger partial charge >= 0.3 is 5.97 Å². The van der Waals surface area contributed by atoms with Gasteiger partial charge < -0.3 is 24.6 Å². The minimum atomic E-state index is -1.50. The highest BCUT2D eigenvalue weighted by molar-refractivity contribution is 5.87. The predicted molar refractivity (Wildman–Crippen MR) is 74.5 cm³/mol. The van der Waals surface area contributed by atoms with Crippen LogP contribution in [0.5, 0.6) is 11.5 Å². The number of rotatable bonds is 8. The lowest BCUT2D eigenvalue weighted by Crippen LogP contribution is -2.56. The van der Waals surface area contributed by atoms with Crippen LogP contribution in [0.2, 0.25) is 0 Å². The van der Waals surface area contributed by atoms with E-state index < -0.39 is 17.4 Å². The summed E-state index contributed by atoms with van der Waals surface area (Å²) in [6.45, 7) is 0.912. The van der Waals surface area contributed by atoms with Gasteiger partial charge in [0.15, 0.2) is 12.1 Å². The number of hydrogen-bond donors (Lipinski definition) is 2. The van der Waals surface area contributed by atoms with E-state index in [1.54, 1.807) is 24.3 Å². The number of carboxylic acids is 1. The summed E-state index contributed by atoms with van der Waals surface area (Å²) in [5.41, 5.74) is -1.50. The Morgan fingerprint density at radius 1 is 1.29 bits per heavy atom. The molecule has 0 saturated heterocycles. The summed E-state index contributed by atoms with van der Waals surface area (Å²) < 4.78 is 15.1. The number of nitrogens with one attached hydrogen (secondary N) is 1. The van der Waals surface area contributed by atoms with Crippen molar-refractivity contribution < 1.29 is 28.9 Å². The average Bonchev–Trinajstić information content (AvgIpc) is 2.45. The Labute approximate surface area is 122 Å².